The van der Waals surface area contributed by atoms with Crippen LogP contribution < -0.4 is 10.2 Å². The maximum atomic E-state index is 12.4. The first-order valence-electron chi connectivity index (χ1n) is 6.12. The Balaban J connectivity index is 2.20. The number of rotatable bonds is 1. The van der Waals surface area contributed by atoms with E-state index in [9.17, 15) is 9.59 Å². The molecule has 5 heteroatoms. The Kier molecular flexibility index (Phi) is 3.43. The second kappa shape index (κ2) is 5.24. The van der Waals surface area contributed by atoms with Crippen molar-refractivity contribution in [2.75, 3.05) is 10.2 Å². The fourth-order valence-corrected chi connectivity index (χ4v) is 2.68. The molecule has 0 bridgehead atoms. The van der Waals surface area contributed by atoms with Gasteiger partial charge >= 0.3 is 0 Å². The molecule has 0 aromatic heterocycles. The lowest BCUT2D eigenvalue weighted by atomic mass is 10.2. The van der Waals surface area contributed by atoms with E-state index in [0.29, 0.717) is 11.4 Å². The van der Waals surface area contributed by atoms with E-state index >= 15 is 0 Å². The summed E-state index contributed by atoms with van der Waals surface area (Å²) in [5.74, 6) is -0.509. The second-order valence-corrected chi connectivity index (χ2v) is 5.70. The lowest BCUT2D eigenvalue weighted by Crippen LogP contribution is -2.26. The molecule has 0 saturated heterocycles. The lowest BCUT2D eigenvalue weighted by Gasteiger charge is -2.22. The van der Waals surface area contributed by atoms with Crippen molar-refractivity contribution in [1.82, 2.24) is 0 Å². The summed E-state index contributed by atoms with van der Waals surface area (Å²) in [5.41, 5.74) is 2.13. The van der Waals surface area contributed by atoms with Crippen LogP contribution in [-0.2, 0) is 9.59 Å². The molecule has 0 unspecified atom stereocenters. The highest BCUT2D eigenvalue weighted by Crippen LogP contribution is 2.35. The number of hydrogen-bond acceptors (Lipinski definition) is 2. The molecule has 0 radical (unpaired) electrons. The van der Waals surface area contributed by atoms with E-state index in [2.05, 4.69) is 27.9 Å². The van der Waals surface area contributed by atoms with Crippen LogP contribution in [0, 0.1) is 3.57 Å². The average molecular weight is 378 g/mol. The maximum absolute atomic E-state index is 12.4. The number of benzene rings is 2. The molecule has 4 nitrogen and oxygen atoms in total. The molecule has 2 aromatic carbocycles. The van der Waals surface area contributed by atoms with Crippen LogP contribution in [0.4, 0.5) is 17.1 Å². The number of amides is 2. The molecule has 0 saturated carbocycles. The van der Waals surface area contributed by atoms with Crippen molar-refractivity contribution >= 4 is 51.5 Å². The van der Waals surface area contributed by atoms with Crippen LogP contribution in [0.5, 0.6) is 0 Å². The molecule has 2 aromatic rings. The number of carbonyl (C=O) groups is 2. The Morgan fingerprint density at radius 3 is 2.55 bits per heavy atom. The van der Waals surface area contributed by atoms with E-state index in [1.165, 1.54) is 0 Å². The van der Waals surface area contributed by atoms with Gasteiger partial charge in [0.2, 0.25) is 11.8 Å². The zero-order valence-corrected chi connectivity index (χ0v) is 12.6. The van der Waals surface area contributed by atoms with Gasteiger partial charge in [-0.05, 0) is 52.9 Å². The maximum Gasteiger partial charge on any atom is 0.241 e. The van der Waals surface area contributed by atoms with Gasteiger partial charge in [-0.2, -0.15) is 0 Å². The minimum Gasteiger partial charge on any atom is -0.324 e. The predicted octanol–water partition coefficient (Wildman–Crippen LogP) is 3.30. The molecule has 0 spiro atoms. The van der Waals surface area contributed by atoms with Crippen molar-refractivity contribution in [3.63, 3.8) is 0 Å². The fraction of sp³-hybridized carbons (Fsp3) is 0.0667. The number of hydrogen-bond donors (Lipinski definition) is 1. The fourth-order valence-electron chi connectivity index (χ4n) is 2.20. The Morgan fingerprint density at radius 2 is 1.80 bits per heavy atom. The van der Waals surface area contributed by atoms with Gasteiger partial charge in [0.15, 0.2) is 0 Å². The van der Waals surface area contributed by atoms with Crippen molar-refractivity contribution < 1.29 is 9.59 Å². The molecule has 1 aliphatic rings. The minimum absolute atomic E-state index is 0.153. The van der Waals surface area contributed by atoms with E-state index in [-0.39, 0.29) is 18.2 Å². The molecule has 1 heterocycles. The minimum atomic E-state index is -0.282. The summed E-state index contributed by atoms with van der Waals surface area (Å²) in [6.45, 7) is 0. The van der Waals surface area contributed by atoms with Crippen LogP contribution in [0.15, 0.2) is 48.5 Å². The quantitative estimate of drug-likeness (QED) is 0.612. The topological polar surface area (TPSA) is 49.4 Å². The van der Waals surface area contributed by atoms with Crippen LogP contribution in [-0.4, -0.2) is 11.8 Å². The Morgan fingerprint density at radius 1 is 1.05 bits per heavy atom. The third-order valence-electron chi connectivity index (χ3n) is 3.05. The zero-order valence-electron chi connectivity index (χ0n) is 10.5. The van der Waals surface area contributed by atoms with Gasteiger partial charge in [-0.25, -0.2) is 0 Å². The zero-order chi connectivity index (χ0) is 14.1. The van der Waals surface area contributed by atoms with Gasteiger partial charge in [-0.3, -0.25) is 14.5 Å². The van der Waals surface area contributed by atoms with Gasteiger partial charge in [0.05, 0.1) is 11.4 Å². The van der Waals surface area contributed by atoms with E-state index < -0.39 is 0 Å². The Labute approximate surface area is 129 Å². The largest absolute Gasteiger partial charge is 0.324 e. The number of fused-ring (bicyclic) bond motifs is 1. The van der Waals surface area contributed by atoms with E-state index in [0.717, 1.165) is 9.26 Å². The number of para-hydroxylation sites is 1. The molecule has 2 amide bonds. The predicted molar refractivity (Wildman–Crippen MR) is 86.0 cm³/mol. The summed E-state index contributed by atoms with van der Waals surface area (Å²) in [6.07, 6.45) is -0.153. The SMILES string of the molecule is O=C1CC(=O)N(c2ccccc2)c2cc(I)ccc2N1. The molecular weight excluding hydrogens is 367 g/mol. The van der Waals surface area contributed by atoms with Crippen LogP contribution in [0.3, 0.4) is 0 Å². The summed E-state index contributed by atoms with van der Waals surface area (Å²) >= 11 is 2.19. The number of anilines is 3. The molecule has 1 aliphatic heterocycles. The average Bonchev–Trinajstić information content (AvgIpc) is 2.54. The number of nitrogens with zero attached hydrogens (tertiary/aromatic N) is 1. The molecule has 0 aliphatic carbocycles. The molecule has 0 atom stereocenters. The van der Waals surface area contributed by atoms with E-state index in [1.807, 2.05) is 48.5 Å². The molecule has 3 rings (SSSR count). The van der Waals surface area contributed by atoms with Gasteiger partial charge in [-0.15, -0.1) is 0 Å². The van der Waals surface area contributed by atoms with Crippen molar-refractivity contribution in [2.24, 2.45) is 0 Å². The smallest absolute Gasteiger partial charge is 0.241 e. The third-order valence-corrected chi connectivity index (χ3v) is 3.72. The van der Waals surface area contributed by atoms with Crippen molar-refractivity contribution in [3.8, 4) is 0 Å². The summed E-state index contributed by atoms with van der Waals surface area (Å²) in [6, 6.07) is 15.0. The first-order chi connectivity index (χ1) is 9.65. The first-order valence-corrected chi connectivity index (χ1v) is 7.20. The molecule has 1 N–H and O–H groups in total. The van der Waals surface area contributed by atoms with Gasteiger partial charge in [-0.1, -0.05) is 18.2 Å². The van der Waals surface area contributed by atoms with Crippen LogP contribution in [0.1, 0.15) is 6.42 Å². The highest BCUT2D eigenvalue weighted by molar-refractivity contribution is 14.1. The molecule has 100 valence electrons. The third kappa shape index (κ3) is 2.40. The van der Waals surface area contributed by atoms with Crippen molar-refractivity contribution in [2.45, 2.75) is 6.42 Å². The van der Waals surface area contributed by atoms with Crippen LogP contribution in [0.2, 0.25) is 0 Å². The van der Waals surface area contributed by atoms with E-state index in [4.69, 9.17) is 0 Å². The van der Waals surface area contributed by atoms with Gasteiger partial charge in [0.25, 0.3) is 0 Å². The molecule has 0 fully saturated rings. The second-order valence-electron chi connectivity index (χ2n) is 4.45. The monoisotopic (exact) mass is 378 g/mol. The number of halogens is 1. The number of nitrogens with one attached hydrogen (secondary N) is 1. The van der Waals surface area contributed by atoms with E-state index in [1.54, 1.807) is 4.90 Å². The van der Waals surface area contributed by atoms with Crippen LogP contribution >= 0.6 is 22.6 Å². The summed E-state index contributed by atoms with van der Waals surface area (Å²) in [5, 5.41) is 2.77. The normalized spacial score (nSPS) is 14.6. The Hall–Kier alpha value is -1.89. The summed E-state index contributed by atoms with van der Waals surface area (Å²) in [7, 11) is 0. The molecular formula is C15H11IN2O2. The standard InChI is InChI=1S/C15H11IN2O2/c16-10-6-7-12-13(8-10)18(11-4-2-1-3-5-11)15(20)9-14(19)17-12/h1-8H,9H2,(H,17,19). The van der Waals surface area contributed by atoms with Gasteiger partial charge < -0.3 is 5.32 Å². The van der Waals surface area contributed by atoms with Gasteiger partial charge in [0.1, 0.15) is 6.42 Å². The molecule has 20 heavy (non-hydrogen) atoms. The lowest BCUT2D eigenvalue weighted by molar-refractivity contribution is -0.124. The number of carbonyl (C=O) groups excluding carboxylic acids is 2. The van der Waals surface area contributed by atoms with Crippen molar-refractivity contribution in [1.29, 1.82) is 0 Å². The highest BCUT2D eigenvalue weighted by atomic mass is 127. The Bertz CT molecular complexity index is 686. The summed E-state index contributed by atoms with van der Waals surface area (Å²) in [4.78, 5) is 25.7. The first kappa shape index (κ1) is 13.1. The summed E-state index contributed by atoms with van der Waals surface area (Å²) < 4.78 is 1.01. The van der Waals surface area contributed by atoms with Gasteiger partial charge in [0, 0.05) is 9.26 Å². The van der Waals surface area contributed by atoms with Crippen LogP contribution in [0.25, 0.3) is 0 Å². The highest BCUT2D eigenvalue weighted by Gasteiger charge is 2.27. The van der Waals surface area contributed by atoms with Crippen molar-refractivity contribution in [3.05, 3.63) is 52.1 Å².